The number of halogens is 1. The number of aromatic amines is 1. The molecule has 2 aromatic heterocycles. The highest BCUT2D eigenvalue weighted by atomic mass is 35.5. The minimum Gasteiger partial charge on any atom is -0.355 e. The largest absolute Gasteiger partial charge is 0.355 e. The van der Waals surface area contributed by atoms with Crippen molar-refractivity contribution >= 4 is 40.3 Å². The standard InChI is InChI=1S/C25H25ClN4O2S/c1-16(2)30-24(32)23-22(20(14-28-23)18-6-4-3-5-7-18)29-25(30)33-15-21(31)27-13-12-17-8-10-19(26)11-9-17/h3-11,14,16,28H,12-13,15H2,1-2H3,(H,27,31). The Kier molecular flexibility index (Phi) is 7.20. The summed E-state index contributed by atoms with van der Waals surface area (Å²) in [6.45, 7) is 4.40. The number of H-pyrrole nitrogens is 1. The number of rotatable bonds is 8. The van der Waals surface area contributed by atoms with E-state index in [9.17, 15) is 9.59 Å². The Morgan fingerprint density at radius 2 is 1.88 bits per heavy atom. The number of nitrogens with zero attached hydrogens (tertiary/aromatic N) is 2. The molecular weight excluding hydrogens is 456 g/mol. The van der Waals surface area contributed by atoms with Crippen LogP contribution >= 0.6 is 23.4 Å². The van der Waals surface area contributed by atoms with E-state index in [2.05, 4.69) is 10.3 Å². The molecule has 0 fully saturated rings. The van der Waals surface area contributed by atoms with Crippen molar-refractivity contribution in [2.45, 2.75) is 31.5 Å². The lowest BCUT2D eigenvalue weighted by atomic mass is 10.1. The third-order valence-corrected chi connectivity index (χ3v) is 6.49. The van der Waals surface area contributed by atoms with Crippen LogP contribution in [0.25, 0.3) is 22.2 Å². The summed E-state index contributed by atoms with van der Waals surface area (Å²) in [5, 5.41) is 4.16. The third-order valence-electron chi connectivity index (χ3n) is 5.28. The maximum atomic E-state index is 13.2. The van der Waals surface area contributed by atoms with Crippen LogP contribution < -0.4 is 10.9 Å². The average Bonchev–Trinajstić information content (AvgIpc) is 3.23. The topological polar surface area (TPSA) is 79.8 Å². The minimum absolute atomic E-state index is 0.0895. The first-order valence-electron chi connectivity index (χ1n) is 10.8. The van der Waals surface area contributed by atoms with Gasteiger partial charge in [0.25, 0.3) is 5.56 Å². The Labute approximate surface area is 201 Å². The van der Waals surface area contributed by atoms with Crippen LogP contribution in [0.3, 0.4) is 0 Å². The van der Waals surface area contributed by atoms with Gasteiger partial charge in [-0.1, -0.05) is 65.8 Å². The van der Waals surface area contributed by atoms with Gasteiger partial charge in [-0.15, -0.1) is 0 Å². The summed E-state index contributed by atoms with van der Waals surface area (Å²) in [7, 11) is 0. The molecule has 33 heavy (non-hydrogen) atoms. The quantitative estimate of drug-likeness (QED) is 0.272. The van der Waals surface area contributed by atoms with E-state index in [0.717, 1.165) is 23.1 Å². The van der Waals surface area contributed by atoms with Gasteiger partial charge in [0, 0.05) is 29.4 Å². The lowest BCUT2D eigenvalue weighted by molar-refractivity contribution is -0.118. The number of hydrogen-bond donors (Lipinski definition) is 2. The van der Waals surface area contributed by atoms with Crippen LogP contribution in [-0.2, 0) is 11.2 Å². The fourth-order valence-electron chi connectivity index (χ4n) is 3.63. The summed E-state index contributed by atoms with van der Waals surface area (Å²) >= 11 is 7.19. The molecular formula is C25H25ClN4O2S. The lowest BCUT2D eigenvalue weighted by Crippen LogP contribution is -2.29. The van der Waals surface area contributed by atoms with E-state index in [1.807, 2.05) is 74.6 Å². The van der Waals surface area contributed by atoms with Gasteiger partial charge in [0.2, 0.25) is 5.91 Å². The number of amides is 1. The molecule has 8 heteroatoms. The summed E-state index contributed by atoms with van der Waals surface area (Å²) in [5.74, 6) is 0.0760. The van der Waals surface area contributed by atoms with Crippen molar-refractivity contribution in [3.8, 4) is 11.1 Å². The Bertz CT molecular complexity index is 1310. The summed E-state index contributed by atoms with van der Waals surface area (Å²) in [4.78, 5) is 33.6. The van der Waals surface area contributed by atoms with Gasteiger partial charge in [-0.25, -0.2) is 4.98 Å². The van der Waals surface area contributed by atoms with Crippen molar-refractivity contribution in [2.75, 3.05) is 12.3 Å². The molecule has 2 heterocycles. The molecule has 0 bridgehead atoms. The molecule has 2 N–H and O–H groups in total. The second kappa shape index (κ2) is 10.3. The molecule has 0 aliphatic rings. The van der Waals surface area contributed by atoms with Gasteiger partial charge in [0.15, 0.2) is 5.16 Å². The number of thioether (sulfide) groups is 1. The Morgan fingerprint density at radius 3 is 2.58 bits per heavy atom. The van der Waals surface area contributed by atoms with E-state index in [4.69, 9.17) is 16.6 Å². The van der Waals surface area contributed by atoms with Crippen molar-refractivity contribution in [2.24, 2.45) is 0 Å². The van der Waals surface area contributed by atoms with Crippen LogP contribution in [0.5, 0.6) is 0 Å². The Morgan fingerprint density at radius 1 is 1.15 bits per heavy atom. The van der Waals surface area contributed by atoms with Crippen molar-refractivity contribution in [1.29, 1.82) is 0 Å². The average molecular weight is 481 g/mol. The molecule has 4 aromatic rings. The van der Waals surface area contributed by atoms with E-state index in [1.54, 1.807) is 4.57 Å². The zero-order chi connectivity index (χ0) is 23.4. The lowest BCUT2D eigenvalue weighted by Gasteiger charge is -2.15. The fourth-order valence-corrected chi connectivity index (χ4v) is 4.70. The summed E-state index contributed by atoms with van der Waals surface area (Å²) in [6.07, 6.45) is 2.54. The van der Waals surface area contributed by atoms with E-state index in [0.29, 0.717) is 27.8 Å². The minimum atomic E-state index is -0.136. The second-order valence-corrected chi connectivity index (χ2v) is 9.35. The number of carbonyl (C=O) groups excluding carboxylic acids is 1. The molecule has 0 radical (unpaired) electrons. The number of benzene rings is 2. The first kappa shape index (κ1) is 23.1. The first-order valence-corrected chi connectivity index (χ1v) is 12.1. The zero-order valence-electron chi connectivity index (χ0n) is 18.5. The number of nitrogens with one attached hydrogen (secondary N) is 2. The molecule has 0 aliphatic heterocycles. The first-order chi connectivity index (χ1) is 15.9. The molecule has 170 valence electrons. The fraction of sp³-hybridized carbons (Fsp3) is 0.240. The number of aromatic nitrogens is 3. The molecule has 2 aromatic carbocycles. The molecule has 6 nitrogen and oxygen atoms in total. The maximum absolute atomic E-state index is 13.2. The molecule has 0 spiro atoms. The molecule has 0 saturated heterocycles. The predicted octanol–water partition coefficient (Wildman–Crippen LogP) is 5.08. The third kappa shape index (κ3) is 5.31. The van der Waals surface area contributed by atoms with Gasteiger partial charge in [-0.05, 0) is 43.5 Å². The second-order valence-electron chi connectivity index (χ2n) is 7.97. The highest BCUT2D eigenvalue weighted by Crippen LogP contribution is 2.28. The van der Waals surface area contributed by atoms with Gasteiger partial charge >= 0.3 is 0 Å². The monoisotopic (exact) mass is 480 g/mol. The summed E-state index contributed by atoms with van der Waals surface area (Å²) in [5.41, 5.74) is 3.91. The number of fused-ring (bicyclic) bond motifs is 1. The Hall–Kier alpha value is -3.03. The van der Waals surface area contributed by atoms with Crippen molar-refractivity contribution in [3.05, 3.63) is 81.7 Å². The molecule has 0 aliphatic carbocycles. The molecule has 0 atom stereocenters. The predicted molar refractivity (Wildman–Crippen MR) is 135 cm³/mol. The summed E-state index contributed by atoms with van der Waals surface area (Å²) < 4.78 is 1.64. The normalized spacial score (nSPS) is 11.3. The van der Waals surface area contributed by atoms with Gasteiger partial charge in [0.05, 0.1) is 5.75 Å². The van der Waals surface area contributed by atoms with Crippen LogP contribution in [0.1, 0.15) is 25.5 Å². The van der Waals surface area contributed by atoms with Gasteiger partial charge < -0.3 is 10.3 Å². The van der Waals surface area contributed by atoms with Crippen LogP contribution in [0.2, 0.25) is 5.02 Å². The van der Waals surface area contributed by atoms with Crippen molar-refractivity contribution in [3.63, 3.8) is 0 Å². The molecule has 0 unspecified atom stereocenters. The van der Waals surface area contributed by atoms with Crippen LogP contribution in [0, 0.1) is 0 Å². The maximum Gasteiger partial charge on any atom is 0.278 e. The highest BCUT2D eigenvalue weighted by Gasteiger charge is 2.19. The summed E-state index contributed by atoms with van der Waals surface area (Å²) in [6, 6.07) is 17.3. The van der Waals surface area contributed by atoms with E-state index >= 15 is 0 Å². The Balaban J connectivity index is 1.51. The molecule has 1 amide bonds. The van der Waals surface area contributed by atoms with Crippen LogP contribution in [0.4, 0.5) is 0 Å². The highest BCUT2D eigenvalue weighted by molar-refractivity contribution is 7.99. The molecule has 4 rings (SSSR count). The van der Waals surface area contributed by atoms with E-state index in [1.165, 1.54) is 11.8 Å². The van der Waals surface area contributed by atoms with Gasteiger partial charge in [-0.3, -0.25) is 14.2 Å². The van der Waals surface area contributed by atoms with Gasteiger partial charge in [-0.2, -0.15) is 0 Å². The van der Waals surface area contributed by atoms with E-state index < -0.39 is 0 Å². The number of carbonyl (C=O) groups is 1. The van der Waals surface area contributed by atoms with Crippen LogP contribution in [-0.4, -0.2) is 32.7 Å². The smallest absolute Gasteiger partial charge is 0.278 e. The van der Waals surface area contributed by atoms with Crippen molar-refractivity contribution in [1.82, 2.24) is 19.9 Å². The zero-order valence-corrected chi connectivity index (χ0v) is 20.0. The van der Waals surface area contributed by atoms with Crippen LogP contribution in [0.15, 0.2) is 70.7 Å². The van der Waals surface area contributed by atoms with E-state index in [-0.39, 0.29) is 23.3 Å². The van der Waals surface area contributed by atoms with Crippen molar-refractivity contribution < 1.29 is 4.79 Å². The number of hydrogen-bond acceptors (Lipinski definition) is 4. The molecule has 0 saturated carbocycles. The SMILES string of the molecule is CC(C)n1c(SCC(=O)NCCc2ccc(Cl)cc2)nc2c(-c3ccccc3)c[nH]c2c1=O. The van der Waals surface area contributed by atoms with Gasteiger partial charge in [0.1, 0.15) is 11.0 Å².